The van der Waals surface area contributed by atoms with Crippen molar-refractivity contribution in [2.45, 2.75) is 17.9 Å². The first-order chi connectivity index (χ1) is 14.7. The summed E-state index contributed by atoms with van der Waals surface area (Å²) in [6.45, 7) is 1.64. The first kappa shape index (κ1) is 22.3. The number of aliphatic hydroxyl groups is 1. The highest BCUT2D eigenvalue weighted by atomic mass is 32.2. The third-order valence-corrected chi connectivity index (χ3v) is 6.64. The van der Waals surface area contributed by atoms with Crippen LogP contribution in [-0.2, 0) is 10.0 Å². The normalized spacial score (nSPS) is 12.1. The molecule has 1 amide bonds. The van der Waals surface area contributed by atoms with E-state index in [2.05, 4.69) is 5.32 Å². The first-order valence-electron chi connectivity index (χ1n) is 9.55. The van der Waals surface area contributed by atoms with E-state index in [1.54, 1.807) is 55.5 Å². The van der Waals surface area contributed by atoms with Crippen LogP contribution in [0.1, 0.15) is 28.9 Å². The Kier molecular flexibility index (Phi) is 6.62. The van der Waals surface area contributed by atoms with Crippen molar-refractivity contribution in [2.24, 2.45) is 0 Å². The Bertz CT molecular complexity index is 1160. The maximum atomic E-state index is 12.9. The van der Waals surface area contributed by atoms with Crippen LogP contribution in [0.2, 0.25) is 0 Å². The molecular weight excluding hydrogens is 416 g/mol. The molecule has 0 aliphatic carbocycles. The maximum Gasteiger partial charge on any atom is 0.264 e. The van der Waals surface area contributed by atoms with Gasteiger partial charge in [0, 0.05) is 18.3 Å². The minimum Gasteiger partial charge on any atom is -0.497 e. The van der Waals surface area contributed by atoms with Crippen LogP contribution in [0.25, 0.3) is 0 Å². The highest BCUT2D eigenvalue weighted by molar-refractivity contribution is 7.92. The molecule has 0 heterocycles. The zero-order valence-electron chi connectivity index (χ0n) is 17.4. The second-order valence-corrected chi connectivity index (χ2v) is 8.92. The molecule has 3 rings (SSSR count). The molecule has 0 spiro atoms. The Balaban J connectivity index is 1.76. The number of sulfonamides is 1. The van der Waals surface area contributed by atoms with E-state index < -0.39 is 16.1 Å². The molecule has 1 atom stereocenters. The quantitative estimate of drug-likeness (QED) is 0.582. The fourth-order valence-corrected chi connectivity index (χ4v) is 4.14. The van der Waals surface area contributed by atoms with Gasteiger partial charge in [-0.2, -0.15) is 0 Å². The van der Waals surface area contributed by atoms with Crippen LogP contribution in [0, 0.1) is 0 Å². The molecule has 31 heavy (non-hydrogen) atoms. The molecule has 0 saturated heterocycles. The number of amides is 1. The number of nitrogens with zero attached hydrogens (tertiary/aromatic N) is 1. The van der Waals surface area contributed by atoms with Crippen molar-refractivity contribution in [3.8, 4) is 5.75 Å². The van der Waals surface area contributed by atoms with Crippen LogP contribution in [0.4, 0.5) is 11.4 Å². The standard InChI is InChI=1S/C23H24N2O5S/c1-16(26)18-5-4-6-19(15-18)24-23(27)17-7-13-22(14-8-17)31(28,29)25(2)20-9-11-21(30-3)12-10-20/h4-16,26H,1-3H3,(H,24,27). The van der Waals surface area contributed by atoms with E-state index in [0.29, 0.717) is 28.3 Å². The van der Waals surface area contributed by atoms with E-state index in [9.17, 15) is 18.3 Å². The number of carbonyl (C=O) groups is 1. The predicted molar refractivity (Wildman–Crippen MR) is 120 cm³/mol. The third kappa shape index (κ3) is 5.04. The average Bonchev–Trinajstić information content (AvgIpc) is 2.78. The van der Waals surface area contributed by atoms with Gasteiger partial charge in [0.05, 0.1) is 23.8 Å². The Morgan fingerprint density at radius 3 is 2.26 bits per heavy atom. The molecule has 8 heteroatoms. The van der Waals surface area contributed by atoms with Crippen LogP contribution in [0.3, 0.4) is 0 Å². The van der Waals surface area contributed by atoms with Crippen molar-refractivity contribution in [1.29, 1.82) is 0 Å². The minimum absolute atomic E-state index is 0.0680. The molecule has 0 saturated carbocycles. The van der Waals surface area contributed by atoms with Crippen LogP contribution in [-0.4, -0.2) is 33.6 Å². The van der Waals surface area contributed by atoms with Gasteiger partial charge in [-0.15, -0.1) is 0 Å². The zero-order chi connectivity index (χ0) is 22.6. The lowest BCUT2D eigenvalue weighted by atomic mass is 10.1. The summed E-state index contributed by atoms with van der Waals surface area (Å²) in [5.74, 6) is 0.249. The van der Waals surface area contributed by atoms with Gasteiger partial charge in [-0.25, -0.2) is 8.42 Å². The summed E-state index contributed by atoms with van der Waals surface area (Å²) >= 11 is 0. The molecule has 3 aromatic rings. The number of anilines is 2. The van der Waals surface area contributed by atoms with Gasteiger partial charge in [-0.1, -0.05) is 12.1 Å². The number of rotatable bonds is 7. The fourth-order valence-electron chi connectivity index (χ4n) is 2.95. The molecule has 0 aromatic heterocycles. The molecule has 0 aliphatic rings. The third-order valence-electron chi connectivity index (χ3n) is 4.84. The van der Waals surface area contributed by atoms with Gasteiger partial charge in [0.2, 0.25) is 0 Å². The lowest BCUT2D eigenvalue weighted by molar-refractivity contribution is 0.102. The van der Waals surface area contributed by atoms with Crippen molar-refractivity contribution in [1.82, 2.24) is 0 Å². The molecule has 1 unspecified atom stereocenters. The van der Waals surface area contributed by atoms with E-state index in [1.165, 1.54) is 42.7 Å². The summed E-state index contributed by atoms with van der Waals surface area (Å²) in [6, 6.07) is 19.3. The summed E-state index contributed by atoms with van der Waals surface area (Å²) < 4.78 is 32.1. The number of ether oxygens (including phenoxy) is 1. The Labute approximate surface area is 182 Å². The van der Waals surface area contributed by atoms with E-state index >= 15 is 0 Å². The molecule has 2 N–H and O–H groups in total. The zero-order valence-corrected chi connectivity index (χ0v) is 18.3. The van der Waals surface area contributed by atoms with Crippen LogP contribution in [0.15, 0.2) is 77.7 Å². The van der Waals surface area contributed by atoms with Gasteiger partial charge in [-0.3, -0.25) is 9.10 Å². The maximum absolute atomic E-state index is 12.9. The monoisotopic (exact) mass is 440 g/mol. The van der Waals surface area contributed by atoms with Gasteiger partial charge in [0.1, 0.15) is 5.75 Å². The van der Waals surface area contributed by atoms with Gasteiger partial charge in [0.25, 0.3) is 15.9 Å². The number of nitrogens with one attached hydrogen (secondary N) is 1. The van der Waals surface area contributed by atoms with E-state index in [1.807, 2.05) is 0 Å². The summed E-state index contributed by atoms with van der Waals surface area (Å²) in [4.78, 5) is 12.6. The summed E-state index contributed by atoms with van der Waals surface area (Å²) in [5, 5.41) is 12.4. The predicted octanol–water partition coefficient (Wildman–Crippen LogP) is 3.83. The average molecular weight is 441 g/mol. The Morgan fingerprint density at radius 1 is 1.03 bits per heavy atom. The van der Waals surface area contributed by atoms with E-state index in [0.717, 1.165) is 0 Å². The van der Waals surface area contributed by atoms with Gasteiger partial charge in [-0.05, 0) is 73.2 Å². The van der Waals surface area contributed by atoms with Crippen LogP contribution >= 0.6 is 0 Å². The van der Waals surface area contributed by atoms with E-state index in [-0.39, 0.29) is 10.8 Å². The second-order valence-electron chi connectivity index (χ2n) is 6.95. The summed E-state index contributed by atoms with van der Waals surface area (Å²) in [6.07, 6.45) is -0.649. The smallest absolute Gasteiger partial charge is 0.264 e. The molecule has 7 nitrogen and oxygen atoms in total. The Hall–Kier alpha value is -3.36. The van der Waals surface area contributed by atoms with Crippen LogP contribution < -0.4 is 14.4 Å². The number of aliphatic hydroxyl groups excluding tert-OH is 1. The number of carbonyl (C=O) groups excluding carboxylic acids is 1. The lowest BCUT2D eigenvalue weighted by Crippen LogP contribution is -2.26. The van der Waals surface area contributed by atoms with Crippen molar-refractivity contribution in [3.63, 3.8) is 0 Å². The van der Waals surface area contributed by atoms with Crippen molar-refractivity contribution in [3.05, 3.63) is 83.9 Å². The summed E-state index contributed by atoms with van der Waals surface area (Å²) in [5.41, 5.74) is 2.02. The van der Waals surface area contributed by atoms with Crippen molar-refractivity contribution >= 4 is 27.3 Å². The molecule has 3 aromatic carbocycles. The highest BCUT2D eigenvalue weighted by Gasteiger charge is 2.22. The summed E-state index contributed by atoms with van der Waals surface area (Å²) in [7, 11) is -0.791. The molecular formula is C23H24N2O5S. The number of methoxy groups -OCH3 is 1. The number of hydrogen-bond donors (Lipinski definition) is 2. The van der Waals surface area contributed by atoms with Gasteiger partial charge >= 0.3 is 0 Å². The first-order valence-corrected chi connectivity index (χ1v) is 11.0. The number of hydrogen-bond acceptors (Lipinski definition) is 5. The largest absolute Gasteiger partial charge is 0.497 e. The van der Waals surface area contributed by atoms with Gasteiger partial charge in [0.15, 0.2) is 0 Å². The SMILES string of the molecule is COc1ccc(N(C)S(=O)(=O)c2ccc(C(=O)Nc3cccc(C(C)O)c3)cc2)cc1. The Morgan fingerprint density at radius 2 is 1.68 bits per heavy atom. The topological polar surface area (TPSA) is 95.9 Å². The molecule has 0 bridgehead atoms. The number of benzene rings is 3. The van der Waals surface area contributed by atoms with E-state index in [4.69, 9.17) is 4.74 Å². The molecule has 0 radical (unpaired) electrons. The molecule has 162 valence electrons. The van der Waals surface area contributed by atoms with Crippen molar-refractivity contribution < 1.29 is 23.1 Å². The highest BCUT2D eigenvalue weighted by Crippen LogP contribution is 2.25. The molecule has 0 fully saturated rings. The van der Waals surface area contributed by atoms with Gasteiger partial charge < -0.3 is 15.2 Å². The minimum atomic E-state index is -3.80. The molecule has 0 aliphatic heterocycles. The van der Waals surface area contributed by atoms with Crippen molar-refractivity contribution in [2.75, 3.05) is 23.8 Å². The van der Waals surface area contributed by atoms with Crippen LogP contribution in [0.5, 0.6) is 5.75 Å². The fraction of sp³-hybridized carbons (Fsp3) is 0.174. The second kappa shape index (κ2) is 9.20. The lowest BCUT2D eigenvalue weighted by Gasteiger charge is -2.20.